The average molecular weight is 175 g/mol. The summed E-state index contributed by atoms with van der Waals surface area (Å²) < 4.78 is 5.57. The van der Waals surface area contributed by atoms with Crippen molar-refractivity contribution < 1.29 is 9.57 Å². The van der Waals surface area contributed by atoms with Crippen LogP contribution in [0.4, 0.5) is 0 Å². The van der Waals surface area contributed by atoms with E-state index < -0.39 is 0 Å². The number of hydrogen-bond donors (Lipinski definition) is 0. The summed E-state index contributed by atoms with van der Waals surface area (Å²) in [5, 5.41) is 3.82. The lowest BCUT2D eigenvalue weighted by atomic mass is 9.95. The van der Waals surface area contributed by atoms with Crippen LogP contribution in [0.2, 0.25) is 0 Å². The van der Waals surface area contributed by atoms with E-state index in [9.17, 15) is 0 Å². The lowest BCUT2D eigenvalue weighted by Crippen LogP contribution is -2.24. The molecule has 2 aliphatic heterocycles. The van der Waals surface area contributed by atoms with Crippen LogP contribution < -0.4 is 4.74 Å². The molecule has 0 unspecified atom stereocenters. The Balaban J connectivity index is 2.08. The van der Waals surface area contributed by atoms with Crippen molar-refractivity contribution in [3.05, 3.63) is 29.8 Å². The average Bonchev–Trinajstić information content (AvgIpc) is 2.65. The summed E-state index contributed by atoms with van der Waals surface area (Å²) in [5.74, 6) is 1.21. The number of nitrogens with zero attached hydrogens (tertiary/aromatic N) is 1. The first-order chi connectivity index (χ1) is 6.45. The molecule has 0 N–H and O–H groups in total. The molecule has 2 atom stereocenters. The number of hydrogen-bond acceptors (Lipinski definition) is 3. The SMILES string of the molecule is C1=NO[C@H]2c3ccccc3OC[C@H]12. The minimum Gasteiger partial charge on any atom is -0.492 e. The second-order valence-electron chi connectivity index (χ2n) is 3.29. The molecule has 3 rings (SSSR count). The lowest BCUT2D eigenvalue weighted by molar-refractivity contribution is 0.0332. The number of fused-ring (bicyclic) bond motifs is 3. The fourth-order valence-corrected chi connectivity index (χ4v) is 1.79. The highest BCUT2D eigenvalue weighted by Gasteiger charge is 2.34. The first-order valence-electron chi connectivity index (χ1n) is 4.36. The maximum absolute atomic E-state index is 5.57. The Morgan fingerprint density at radius 2 is 2.23 bits per heavy atom. The Morgan fingerprint density at radius 1 is 1.31 bits per heavy atom. The minimum atomic E-state index is 0.0740. The second-order valence-corrected chi connectivity index (χ2v) is 3.29. The Bertz CT molecular complexity index is 362. The van der Waals surface area contributed by atoms with E-state index in [0.717, 1.165) is 11.3 Å². The largest absolute Gasteiger partial charge is 0.492 e. The van der Waals surface area contributed by atoms with Crippen molar-refractivity contribution in [2.24, 2.45) is 11.1 Å². The van der Waals surface area contributed by atoms with E-state index in [1.54, 1.807) is 0 Å². The molecule has 0 amide bonds. The van der Waals surface area contributed by atoms with E-state index in [0.29, 0.717) is 6.61 Å². The molecule has 2 heterocycles. The van der Waals surface area contributed by atoms with Gasteiger partial charge in [-0.15, -0.1) is 0 Å². The van der Waals surface area contributed by atoms with Gasteiger partial charge >= 0.3 is 0 Å². The normalized spacial score (nSPS) is 28.6. The van der Waals surface area contributed by atoms with Gasteiger partial charge in [0.2, 0.25) is 0 Å². The monoisotopic (exact) mass is 175 g/mol. The molecule has 3 heteroatoms. The molecule has 3 nitrogen and oxygen atoms in total. The standard InChI is InChI=1S/C10H9NO2/c1-2-4-9-8(3-1)10-7(6-12-9)5-11-13-10/h1-5,7,10H,6H2/t7-,10+/m0/s1. The minimum absolute atomic E-state index is 0.0740. The zero-order chi connectivity index (χ0) is 8.67. The van der Waals surface area contributed by atoms with Gasteiger partial charge in [-0.25, -0.2) is 0 Å². The molecule has 0 radical (unpaired) electrons. The molecule has 0 bridgehead atoms. The van der Waals surface area contributed by atoms with Gasteiger partial charge in [0.1, 0.15) is 12.4 Å². The third-order valence-corrected chi connectivity index (χ3v) is 2.47. The van der Waals surface area contributed by atoms with Crippen molar-refractivity contribution in [3.63, 3.8) is 0 Å². The molecule has 0 saturated heterocycles. The topological polar surface area (TPSA) is 30.8 Å². The summed E-state index contributed by atoms with van der Waals surface area (Å²) in [4.78, 5) is 5.27. The summed E-state index contributed by atoms with van der Waals surface area (Å²) in [6.07, 6.45) is 1.89. The summed E-state index contributed by atoms with van der Waals surface area (Å²) in [5.41, 5.74) is 1.11. The molecule has 13 heavy (non-hydrogen) atoms. The molecule has 0 aromatic heterocycles. The Morgan fingerprint density at radius 3 is 3.23 bits per heavy atom. The van der Waals surface area contributed by atoms with Crippen LogP contribution in [0.15, 0.2) is 29.4 Å². The zero-order valence-corrected chi connectivity index (χ0v) is 7.01. The van der Waals surface area contributed by atoms with Gasteiger partial charge < -0.3 is 9.57 Å². The van der Waals surface area contributed by atoms with E-state index in [1.807, 2.05) is 30.5 Å². The Hall–Kier alpha value is -1.51. The van der Waals surface area contributed by atoms with E-state index >= 15 is 0 Å². The molecule has 0 saturated carbocycles. The van der Waals surface area contributed by atoms with Crippen LogP contribution in [0.1, 0.15) is 11.7 Å². The third-order valence-electron chi connectivity index (χ3n) is 2.47. The number of oxime groups is 1. The van der Waals surface area contributed by atoms with Gasteiger partial charge in [-0.1, -0.05) is 23.4 Å². The molecule has 1 aromatic rings. The maximum Gasteiger partial charge on any atom is 0.167 e. The van der Waals surface area contributed by atoms with E-state index in [-0.39, 0.29) is 12.0 Å². The van der Waals surface area contributed by atoms with Gasteiger partial charge in [-0.05, 0) is 6.07 Å². The quantitative estimate of drug-likeness (QED) is 0.601. The van der Waals surface area contributed by atoms with Gasteiger partial charge in [0, 0.05) is 5.56 Å². The molecule has 2 aliphatic rings. The number of para-hydroxylation sites is 1. The summed E-state index contributed by atoms with van der Waals surface area (Å²) in [7, 11) is 0. The van der Waals surface area contributed by atoms with Gasteiger partial charge in [0.15, 0.2) is 6.10 Å². The molecule has 66 valence electrons. The molecule has 0 fully saturated rings. The predicted octanol–water partition coefficient (Wildman–Crippen LogP) is 1.75. The van der Waals surface area contributed by atoms with Gasteiger partial charge in [-0.3, -0.25) is 0 Å². The summed E-state index contributed by atoms with van der Waals surface area (Å²) >= 11 is 0. The van der Waals surface area contributed by atoms with Crippen LogP contribution in [0.25, 0.3) is 0 Å². The molecular weight excluding hydrogens is 166 g/mol. The fourth-order valence-electron chi connectivity index (χ4n) is 1.79. The van der Waals surface area contributed by atoms with Crippen molar-refractivity contribution in [3.8, 4) is 5.75 Å². The summed E-state index contributed by atoms with van der Waals surface area (Å²) in [6.45, 7) is 0.672. The van der Waals surface area contributed by atoms with Crippen molar-refractivity contribution >= 4 is 6.21 Å². The van der Waals surface area contributed by atoms with Crippen LogP contribution >= 0.6 is 0 Å². The number of rotatable bonds is 0. The van der Waals surface area contributed by atoms with Crippen molar-refractivity contribution in [2.75, 3.05) is 6.61 Å². The highest BCUT2D eigenvalue weighted by molar-refractivity contribution is 5.64. The molecular formula is C10H9NO2. The first-order valence-corrected chi connectivity index (χ1v) is 4.36. The van der Waals surface area contributed by atoms with E-state index in [2.05, 4.69) is 5.16 Å². The van der Waals surface area contributed by atoms with Gasteiger partial charge in [-0.2, -0.15) is 0 Å². The van der Waals surface area contributed by atoms with Gasteiger partial charge in [0.05, 0.1) is 12.1 Å². The predicted molar refractivity (Wildman–Crippen MR) is 47.7 cm³/mol. The first kappa shape index (κ1) is 6.95. The van der Waals surface area contributed by atoms with Crippen LogP contribution in [0.3, 0.4) is 0 Å². The smallest absolute Gasteiger partial charge is 0.167 e. The lowest BCUT2D eigenvalue weighted by Gasteiger charge is -2.25. The molecule has 0 spiro atoms. The molecule has 1 aromatic carbocycles. The van der Waals surface area contributed by atoms with Crippen molar-refractivity contribution in [1.82, 2.24) is 0 Å². The molecule has 0 aliphatic carbocycles. The van der Waals surface area contributed by atoms with Crippen molar-refractivity contribution in [1.29, 1.82) is 0 Å². The maximum atomic E-state index is 5.57. The fraction of sp³-hybridized carbons (Fsp3) is 0.300. The highest BCUT2D eigenvalue weighted by Crippen LogP contribution is 2.39. The summed E-state index contributed by atoms with van der Waals surface area (Å²) in [6, 6.07) is 7.95. The Kier molecular flexibility index (Phi) is 1.33. The Labute approximate surface area is 76.0 Å². The third kappa shape index (κ3) is 0.932. The van der Waals surface area contributed by atoms with E-state index in [4.69, 9.17) is 9.57 Å². The number of benzene rings is 1. The van der Waals surface area contributed by atoms with Crippen LogP contribution in [-0.4, -0.2) is 12.8 Å². The number of ether oxygens (including phenoxy) is 1. The second kappa shape index (κ2) is 2.49. The van der Waals surface area contributed by atoms with Crippen molar-refractivity contribution in [2.45, 2.75) is 6.10 Å². The zero-order valence-electron chi connectivity index (χ0n) is 7.01. The van der Waals surface area contributed by atoms with E-state index in [1.165, 1.54) is 0 Å². The van der Waals surface area contributed by atoms with Crippen LogP contribution in [0.5, 0.6) is 5.75 Å². The van der Waals surface area contributed by atoms with Crippen LogP contribution in [0, 0.1) is 5.92 Å². The van der Waals surface area contributed by atoms with Gasteiger partial charge in [0.25, 0.3) is 0 Å². The highest BCUT2D eigenvalue weighted by atomic mass is 16.6. The van der Waals surface area contributed by atoms with Crippen LogP contribution in [-0.2, 0) is 4.84 Å².